The Bertz CT molecular complexity index is 250. The first-order valence-corrected chi connectivity index (χ1v) is 6.79. The predicted molar refractivity (Wildman–Crippen MR) is 74.2 cm³/mol. The molecule has 0 spiro atoms. The minimum absolute atomic E-state index is 0.512. The standard InChI is InChI=1S/C13H28N4/c1-5-12-10-16(4)7-6-8-17(12)13(14)15-9-11(2)3/h11-12H,5-10H2,1-4H3,(H2,14,15). The molecule has 17 heavy (non-hydrogen) atoms. The number of aliphatic imine (C=N–C) groups is 1. The van der Waals surface area contributed by atoms with E-state index in [9.17, 15) is 0 Å². The Morgan fingerprint density at radius 3 is 2.71 bits per heavy atom. The normalized spacial score (nSPS) is 24.2. The maximum Gasteiger partial charge on any atom is 0.191 e. The van der Waals surface area contributed by atoms with Gasteiger partial charge in [-0.15, -0.1) is 0 Å². The predicted octanol–water partition coefficient (Wildman–Crippen LogP) is 1.37. The van der Waals surface area contributed by atoms with Crippen LogP contribution in [0.5, 0.6) is 0 Å². The molecule has 1 aliphatic rings. The minimum Gasteiger partial charge on any atom is -0.370 e. The van der Waals surface area contributed by atoms with Gasteiger partial charge in [-0.3, -0.25) is 4.99 Å². The fourth-order valence-corrected chi connectivity index (χ4v) is 2.26. The van der Waals surface area contributed by atoms with Gasteiger partial charge >= 0.3 is 0 Å². The van der Waals surface area contributed by atoms with Gasteiger partial charge in [0.15, 0.2) is 5.96 Å². The zero-order valence-corrected chi connectivity index (χ0v) is 11.8. The van der Waals surface area contributed by atoms with Gasteiger partial charge in [-0.2, -0.15) is 0 Å². The fourth-order valence-electron chi connectivity index (χ4n) is 2.26. The zero-order valence-electron chi connectivity index (χ0n) is 11.8. The van der Waals surface area contributed by atoms with Gasteiger partial charge in [0.1, 0.15) is 0 Å². The molecule has 4 heteroatoms. The van der Waals surface area contributed by atoms with Gasteiger partial charge in [0.2, 0.25) is 0 Å². The maximum atomic E-state index is 6.13. The molecule has 0 aliphatic carbocycles. The average Bonchev–Trinajstić information content (AvgIpc) is 2.47. The van der Waals surface area contributed by atoms with E-state index < -0.39 is 0 Å². The van der Waals surface area contributed by atoms with Crippen molar-refractivity contribution >= 4 is 5.96 Å². The molecule has 1 fully saturated rings. The maximum absolute atomic E-state index is 6.13. The topological polar surface area (TPSA) is 44.9 Å². The molecule has 1 rings (SSSR count). The fraction of sp³-hybridized carbons (Fsp3) is 0.923. The number of likely N-dealkylation sites (N-methyl/N-ethyl adjacent to an activating group) is 1. The van der Waals surface area contributed by atoms with Crippen LogP contribution in [-0.2, 0) is 0 Å². The first kappa shape index (κ1) is 14.3. The molecule has 100 valence electrons. The van der Waals surface area contributed by atoms with Gasteiger partial charge in [-0.25, -0.2) is 0 Å². The molecule has 4 nitrogen and oxygen atoms in total. The molecule has 1 aliphatic heterocycles. The highest BCUT2D eigenvalue weighted by Crippen LogP contribution is 2.11. The van der Waals surface area contributed by atoms with Crippen molar-refractivity contribution in [2.75, 3.05) is 33.2 Å². The molecule has 0 aromatic carbocycles. The van der Waals surface area contributed by atoms with E-state index in [0.717, 1.165) is 38.6 Å². The summed E-state index contributed by atoms with van der Waals surface area (Å²) < 4.78 is 0. The van der Waals surface area contributed by atoms with E-state index in [1.807, 2.05) is 0 Å². The van der Waals surface area contributed by atoms with Crippen molar-refractivity contribution < 1.29 is 0 Å². The number of hydrogen-bond acceptors (Lipinski definition) is 2. The van der Waals surface area contributed by atoms with Crippen molar-refractivity contribution in [1.29, 1.82) is 0 Å². The van der Waals surface area contributed by atoms with Gasteiger partial charge < -0.3 is 15.5 Å². The van der Waals surface area contributed by atoms with Crippen molar-refractivity contribution in [1.82, 2.24) is 9.80 Å². The Hall–Kier alpha value is -0.770. The quantitative estimate of drug-likeness (QED) is 0.598. The molecular weight excluding hydrogens is 212 g/mol. The molecule has 1 atom stereocenters. The molecule has 0 aromatic rings. The Morgan fingerprint density at radius 2 is 2.12 bits per heavy atom. The van der Waals surface area contributed by atoms with E-state index in [-0.39, 0.29) is 0 Å². The zero-order chi connectivity index (χ0) is 12.8. The Balaban J connectivity index is 2.67. The van der Waals surface area contributed by atoms with Crippen LogP contribution in [0, 0.1) is 5.92 Å². The van der Waals surface area contributed by atoms with E-state index in [4.69, 9.17) is 5.73 Å². The van der Waals surface area contributed by atoms with E-state index in [2.05, 4.69) is 42.6 Å². The third-order valence-electron chi connectivity index (χ3n) is 3.29. The Labute approximate surface area is 106 Å². The highest BCUT2D eigenvalue weighted by Gasteiger charge is 2.23. The summed E-state index contributed by atoms with van der Waals surface area (Å²) in [6.45, 7) is 10.7. The second-order valence-corrected chi connectivity index (χ2v) is 5.46. The van der Waals surface area contributed by atoms with Crippen LogP contribution < -0.4 is 5.73 Å². The summed E-state index contributed by atoms with van der Waals surface area (Å²) >= 11 is 0. The number of rotatable bonds is 3. The summed E-state index contributed by atoms with van der Waals surface area (Å²) in [6, 6.07) is 0.512. The lowest BCUT2D eigenvalue weighted by Crippen LogP contribution is -2.47. The summed E-state index contributed by atoms with van der Waals surface area (Å²) in [5, 5.41) is 0. The number of nitrogens with two attached hydrogens (primary N) is 1. The first-order valence-electron chi connectivity index (χ1n) is 6.79. The van der Waals surface area contributed by atoms with E-state index in [1.165, 1.54) is 6.42 Å². The van der Waals surface area contributed by atoms with Gasteiger partial charge in [0, 0.05) is 25.7 Å². The second kappa shape index (κ2) is 6.84. The van der Waals surface area contributed by atoms with Gasteiger partial charge in [-0.1, -0.05) is 20.8 Å². The van der Waals surface area contributed by atoms with E-state index in [0.29, 0.717) is 12.0 Å². The molecule has 1 unspecified atom stereocenters. The van der Waals surface area contributed by atoms with Crippen molar-refractivity contribution in [2.24, 2.45) is 16.6 Å². The average molecular weight is 240 g/mol. The van der Waals surface area contributed by atoms with Gasteiger partial charge in [-0.05, 0) is 32.4 Å². The highest BCUT2D eigenvalue weighted by atomic mass is 15.3. The summed E-state index contributed by atoms with van der Waals surface area (Å²) in [5.74, 6) is 1.31. The first-order chi connectivity index (χ1) is 8.04. The van der Waals surface area contributed by atoms with Crippen molar-refractivity contribution in [2.45, 2.75) is 39.7 Å². The molecule has 0 aromatic heterocycles. The lowest BCUT2D eigenvalue weighted by atomic mass is 10.2. The number of guanidine groups is 1. The van der Waals surface area contributed by atoms with Crippen LogP contribution in [0.2, 0.25) is 0 Å². The van der Waals surface area contributed by atoms with Crippen LogP contribution in [0.3, 0.4) is 0 Å². The molecule has 0 radical (unpaired) electrons. The van der Waals surface area contributed by atoms with Crippen LogP contribution in [0.4, 0.5) is 0 Å². The summed E-state index contributed by atoms with van der Waals surface area (Å²) in [6.07, 6.45) is 2.30. The van der Waals surface area contributed by atoms with Gasteiger partial charge in [0.25, 0.3) is 0 Å². The summed E-state index contributed by atoms with van der Waals surface area (Å²) in [7, 11) is 2.19. The lowest BCUT2D eigenvalue weighted by Gasteiger charge is -2.31. The van der Waals surface area contributed by atoms with Crippen molar-refractivity contribution in [3.63, 3.8) is 0 Å². The van der Waals surface area contributed by atoms with Crippen LogP contribution in [0.25, 0.3) is 0 Å². The molecule has 0 bridgehead atoms. The molecule has 0 saturated carbocycles. The van der Waals surface area contributed by atoms with Crippen LogP contribution >= 0.6 is 0 Å². The minimum atomic E-state index is 0.512. The van der Waals surface area contributed by atoms with Crippen LogP contribution in [-0.4, -0.2) is 55.0 Å². The molecule has 1 heterocycles. The Morgan fingerprint density at radius 1 is 1.41 bits per heavy atom. The number of hydrogen-bond donors (Lipinski definition) is 1. The summed E-state index contributed by atoms with van der Waals surface area (Å²) in [5.41, 5.74) is 6.13. The van der Waals surface area contributed by atoms with Crippen molar-refractivity contribution in [3.8, 4) is 0 Å². The number of nitrogens with zero attached hydrogens (tertiary/aromatic N) is 3. The Kier molecular flexibility index (Phi) is 5.75. The third kappa shape index (κ3) is 4.54. The van der Waals surface area contributed by atoms with E-state index in [1.54, 1.807) is 0 Å². The van der Waals surface area contributed by atoms with Crippen LogP contribution in [0.1, 0.15) is 33.6 Å². The lowest BCUT2D eigenvalue weighted by molar-refractivity contribution is 0.262. The van der Waals surface area contributed by atoms with Gasteiger partial charge in [0.05, 0.1) is 0 Å². The second-order valence-electron chi connectivity index (χ2n) is 5.46. The molecule has 2 N–H and O–H groups in total. The third-order valence-corrected chi connectivity index (χ3v) is 3.29. The SMILES string of the molecule is CCC1CN(C)CCCN1C(N)=NCC(C)C. The van der Waals surface area contributed by atoms with Crippen LogP contribution in [0.15, 0.2) is 4.99 Å². The summed E-state index contributed by atoms with van der Waals surface area (Å²) in [4.78, 5) is 9.20. The molecular formula is C13H28N4. The van der Waals surface area contributed by atoms with E-state index >= 15 is 0 Å². The smallest absolute Gasteiger partial charge is 0.191 e. The molecule has 0 amide bonds. The monoisotopic (exact) mass is 240 g/mol. The molecule has 1 saturated heterocycles. The van der Waals surface area contributed by atoms with Crippen molar-refractivity contribution in [3.05, 3.63) is 0 Å². The highest BCUT2D eigenvalue weighted by molar-refractivity contribution is 5.78. The largest absolute Gasteiger partial charge is 0.370 e.